The van der Waals surface area contributed by atoms with E-state index in [1.807, 2.05) is 22.9 Å². The number of hydrogen-bond donors (Lipinski definition) is 0. The summed E-state index contributed by atoms with van der Waals surface area (Å²) in [5.41, 5.74) is 3.01. The van der Waals surface area contributed by atoms with E-state index in [2.05, 4.69) is 18.0 Å². The van der Waals surface area contributed by atoms with Gasteiger partial charge in [0, 0.05) is 31.0 Å². The van der Waals surface area contributed by atoms with E-state index < -0.39 is 5.97 Å². The number of aryl methyl sites for hydroxylation is 2. The largest absolute Gasteiger partial charge is 0.465 e. The molecule has 0 aliphatic rings. The minimum absolute atomic E-state index is 0.149. The molecule has 8 heteroatoms. The third-order valence-corrected chi connectivity index (χ3v) is 6.30. The van der Waals surface area contributed by atoms with Crippen LogP contribution in [0.1, 0.15) is 39.6 Å². The number of rotatable bonds is 8. The van der Waals surface area contributed by atoms with Crippen molar-refractivity contribution in [3.63, 3.8) is 0 Å². The number of esters is 1. The van der Waals surface area contributed by atoms with Crippen LogP contribution in [0.2, 0.25) is 0 Å². The van der Waals surface area contributed by atoms with Gasteiger partial charge in [0.15, 0.2) is 5.13 Å². The predicted octanol–water partition coefficient (Wildman–Crippen LogP) is 4.58. The van der Waals surface area contributed by atoms with Gasteiger partial charge in [-0.2, -0.15) is 0 Å². The molecule has 0 atom stereocenters. The highest BCUT2D eigenvalue weighted by atomic mass is 32.1. The number of ether oxygens (including phenoxy) is 1. The van der Waals surface area contributed by atoms with Crippen molar-refractivity contribution in [2.24, 2.45) is 0 Å². The number of benzene rings is 2. The van der Waals surface area contributed by atoms with E-state index in [1.165, 1.54) is 24.0 Å². The Morgan fingerprint density at radius 1 is 1.12 bits per heavy atom. The molecule has 0 unspecified atom stereocenters. The number of fused-ring (bicyclic) bond motifs is 1. The summed E-state index contributed by atoms with van der Waals surface area (Å²) < 4.78 is 7.80. The van der Waals surface area contributed by atoms with E-state index in [1.54, 1.807) is 41.7 Å². The Morgan fingerprint density at radius 2 is 1.91 bits per heavy atom. The van der Waals surface area contributed by atoms with Crippen molar-refractivity contribution in [2.75, 3.05) is 18.6 Å². The highest BCUT2D eigenvalue weighted by Crippen LogP contribution is 2.32. The Hall–Kier alpha value is -3.52. The lowest BCUT2D eigenvalue weighted by atomic mass is 10.1. The monoisotopic (exact) mass is 448 g/mol. The average molecular weight is 449 g/mol. The standard InChI is InChI=1S/C24H24N4O3S/c1-3-17-6-4-7-20-21(17)26-24(32-20)28(14-5-13-27-15-12-25-16-27)22(29)18-8-10-19(11-9-18)23(30)31-2/h4,6-12,15-16H,3,5,13-14H2,1-2H3. The molecule has 32 heavy (non-hydrogen) atoms. The zero-order valence-corrected chi connectivity index (χ0v) is 18.8. The van der Waals surface area contributed by atoms with E-state index in [9.17, 15) is 9.59 Å². The molecule has 2 aromatic carbocycles. The number of imidazole rings is 1. The molecule has 0 aliphatic heterocycles. The van der Waals surface area contributed by atoms with E-state index in [4.69, 9.17) is 9.72 Å². The summed E-state index contributed by atoms with van der Waals surface area (Å²) in [6.45, 7) is 3.36. The third kappa shape index (κ3) is 4.55. The maximum Gasteiger partial charge on any atom is 0.337 e. The Balaban J connectivity index is 1.63. The van der Waals surface area contributed by atoms with Gasteiger partial charge in [-0.05, 0) is 48.7 Å². The van der Waals surface area contributed by atoms with E-state index in [0.717, 1.165) is 29.6 Å². The van der Waals surface area contributed by atoms with Crippen LogP contribution in [0.3, 0.4) is 0 Å². The fourth-order valence-electron chi connectivity index (χ4n) is 3.53. The maximum atomic E-state index is 13.5. The van der Waals surface area contributed by atoms with Crippen molar-refractivity contribution in [1.29, 1.82) is 0 Å². The molecule has 0 radical (unpaired) electrons. The lowest BCUT2D eigenvalue weighted by Gasteiger charge is -2.20. The van der Waals surface area contributed by atoms with Gasteiger partial charge in [-0.1, -0.05) is 30.4 Å². The summed E-state index contributed by atoms with van der Waals surface area (Å²) in [6.07, 6.45) is 7.04. The highest BCUT2D eigenvalue weighted by molar-refractivity contribution is 7.22. The smallest absolute Gasteiger partial charge is 0.337 e. The van der Waals surface area contributed by atoms with Crippen LogP contribution in [0, 0.1) is 0 Å². The molecule has 0 N–H and O–H groups in total. The van der Waals surface area contributed by atoms with Crippen molar-refractivity contribution < 1.29 is 14.3 Å². The molecule has 7 nitrogen and oxygen atoms in total. The van der Waals surface area contributed by atoms with Crippen molar-refractivity contribution in [3.05, 3.63) is 77.9 Å². The lowest BCUT2D eigenvalue weighted by molar-refractivity contribution is 0.0600. The molecule has 4 rings (SSSR count). The van der Waals surface area contributed by atoms with Gasteiger partial charge in [-0.3, -0.25) is 9.69 Å². The van der Waals surface area contributed by atoms with Gasteiger partial charge in [0.25, 0.3) is 5.91 Å². The topological polar surface area (TPSA) is 77.3 Å². The quantitative estimate of drug-likeness (QED) is 0.369. The Bertz CT molecular complexity index is 1220. The first kappa shape index (κ1) is 21.7. The molecule has 1 amide bonds. The van der Waals surface area contributed by atoms with Crippen LogP contribution in [0.15, 0.2) is 61.2 Å². The number of para-hydroxylation sites is 1. The van der Waals surface area contributed by atoms with Gasteiger partial charge in [-0.25, -0.2) is 14.8 Å². The molecule has 0 bridgehead atoms. The number of amides is 1. The molecule has 2 heterocycles. The first-order valence-electron chi connectivity index (χ1n) is 10.4. The highest BCUT2D eigenvalue weighted by Gasteiger charge is 2.22. The zero-order valence-electron chi connectivity index (χ0n) is 18.0. The number of thiazole rings is 1. The number of anilines is 1. The van der Waals surface area contributed by atoms with Crippen molar-refractivity contribution >= 4 is 38.6 Å². The molecule has 0 saturated carbocycles. The van der Waals surface area contributed by atoms with Crippen LogP contribution in [0.4, 0.5) is 5.13 Å². The van der Waals surface area contributed by atoms with Crippen LogP contribution in [0.5, 0.6) is 0 Å². The van der Waals surface area contributed by atoms with Gasteiger partial charge < -0.3 is 9.30 Å². The minimum Gasteiger partial charge on any atom is -0.465 e. The molecule has 0 spiro atoms. The van der Waals surface area contributed by atoms with Gasteiger partial charge in [-0.15, -0.1) is 0 Å². The molecule has 0 fully saturated rings. The van der Waals surface area contributed by atoms with Crippen molar-refractivity contribution in [2.45, 2.75) is 26.3 Å². The van der Waals surface area contributed by atoms with Crippen molar-refractivity contribution in [3.8, 4) is 0 Å². The van der Waals surface area contributed by atoms with E-state index in [-0.39, 0.29) is 5.91 Å². The molecule has 2 aromatic heterocycles. The van der Waals surface area contributed by atoms with Crippen LogP contribution in [-0.4, -0.2) is 40.1 Å². The van der Waals surface area contributed by atoms with Gasteiger partial charge in [0.1, 0.15) is 0 Å². The number of aromatic nitrogens is 3. The number of nitrogens with zero attached hydrogens (tertiary/aromatic N) is 4. The minimum atomic E-state index is -0.431. The van der Waals surface area contributed by atoms with Crippen molar-refractivity contribution in [1.82, 2.24) is 14.5 Å². The summed E-state index contributed by atoms with van der Waals surface area (Å²) in [5.74, 6) is -0.580. The van der Waals surface area contributed by atoms with Gasteiger partial charge >= 0.3 is 5.97 Å². The zero-order chi connectivity index (χ0) is 22.5. The number of carbonyl (C=O) groups is 2. The second-order valence-electron chi connectivity index (χ2n) is 7.29. The van der Waals surface area contributed by atoms with Crippen LogP contribution < -0.4 is 4.90 Å². The first-order valence-corrected chi connectivity index (χ1v) is 11.3. The summed E-state index contributed by atoms with van der Waals surface area (Å²) in [7, 11) is 1.33. The Labute approximate surface area is 190 Å². The normalized spacial score (nSPS) is 10.9. The van der Waals surface area contributed by atoms with Crippen LogP contribution in [-0.2, 0) is 17.7 Å². The van der Waals surface area contributed by atoms with Crippen LogP contribution in [0.25, 0.3) is 10.2 Å². The SMILES string of the molecule is CCc1cccc2sc(N(CCCn3ccnc3)C(=O)c3ccc(C(=O)OC)cc3)nc12. The lowest BCUT2D eigenvalue weighted by Crippen LogP contribution is -2.32. The molecule has 0 saturated heterocycles. The Morgan fingerprint density at radius 3 is 2.59 bits per heavy atom. The summed E-state index contributed by atoms with van der Waals surface area (Å²) >= 11 is 1.52. The van der Waals surface area contributed by atoms with E-state index in [0.29, 0.717) is 22.8 Å². The summed E-state index contributed by atoms with van der Waals surface area (Å²) in [4.78, 5) is 35.8. The number of methoxy groups -OCH3 is 1. The number of hydrogen-bond acceptors (Lipinski definition) is 6. The van der Waals surface area contributed by atoms with E-state index >= 15 is 0 Å². The second kappa shape index (κ2) is 9.74. The molecule has 4 aromatic rings. The summed E-state index contributed by atoms with van der Waals surface area (Å²) in [6, 6.07) is 12.7. The molecular weight excluding hydrogens is 424 g/mol. The third-order valence-electron chi connectivity index (χ3n) is 5.26. The van der Waals surface area contributed by atoms with Crippen LogP contribution >= 0.6 is 11.3 Å². The van der Waals surface area contributed by atoms with Gasteiger partial charge in [0.2, 0.25) is 0 Å². The summed E-state index contributed by atoms with van der Waals surface area (Å²) in [5, 5.41) is 0.675. The van der Waals surface area contributed by atoms with Gasteiger partial charge in [0.05, 0.1) is 29.2 Å². The predicted molar refractivity (Wildman–Crippen MR) is 125 cm³/mol. The molecule has 0 aliphatic carbocycles. The average Bonchev–Trinajstić information content (AvgIpc) is 3.50. The molecule has 164 valence electrons. The fraction of sp³-hybridized carbons (Fsp3) is 0.250. The maximum absolute atomic E-state index is 13.5. The fourth-order valence-corrected chi connectivity index (χ4v) is 4.57. The second-order valence-corrected chi connectivity index (χ2v) is 8.30. The Kier molecular flexibility index (Phi) is 6.61. The first-order chi connectivity index (χ1) is 15.6. The number of carbonyl (C=O) groups excluding carboxylic acids is 2. The molecular formula is C24H24N4O3S.